The van der Waals surface area contributed by atoms with Crippen LogP contribution in [0.2, 0.25) is 0 Å². The lowest BCUT2D eigenvalue weighted by Crippen LogP contribution is -2.50. The zero-order valence-corrected chi connectivity index (χ0v) is 10.5. The Morgan fingerprint density at radius 3 is 2.24 bits per heavy atom. The Morgan fingerprint density at radius 1 is 1.29 bits per heavy atom. The molecular formula is C11H22N2O4. The summed E-state index contributed by atoms with van der Waals surface area (Å²) in [5.41, 5.74) is 0. The largest absolute Gasteiger partial charge is 0.395 e. The van der Waals surface area contributed by atoms with E-state index in [0.29, 0.717) is 0 Å². The van der Waals surface area contributed by atoms with E-state index in [2.05, 4.69) is 5.32 Å². The van der Waals surface area contributed by atoms with Gasteiger partial charge in [-0.05, 0) is 13.8 Å². The van der Waals surface area contributed by atoms with E-state index < -0.39 is 18.2 Å². The summed E-state index contributed by atoms with van der Waals surface area (Å²) in [7, 11) is 0. The molecule has 0 saturated carbocycles. The molecule has 1 heterocycles. The molecular weight excluding hydrogens is 224 g/mol. The van der Waals surface area contributed by atoms with Crippen molar-refractivity contribution in [1.82, 2.24) is 10.2 Å². The maximum atomic E-state index is 10.9. The smallest absolute Gasteiger partial charge is 0.216 e. The maximum Gasteiger partial charge on any atom is 0.216 e. The first-order valence-electron chi connectivity index (χ1n) is 5.89. The summed E-state index contributed by atoms with van der Waals surface area (Å²) in [5, 5.41) is 31.7. The van der Waals surface area contributed by atoms with Crippen LogP contribution in [-0.4, -0.2) is 69.6 Å². The fraction of sp³-hybridized carbons (Fsp3) is 0.909. The molecule has 1 amide bonds. The van der Waals surface area contributed by atoms with Gasteiger partial charge in [-0.25, -0.2) is 0 Å². The maximum absolute atomic E-state index is 10.9. The van der Waals surface area contributed by atoms with Gasteiger partial charge in [-0.1, -0.05) is 0 Å². The molecule has 17 heavy (non-hydrogen) atoms. The molecule has 6 heteroatoms. The highest BCUT2D eigenvalue weighted by Gasteiger charge is 2.47. The zero-order valence-electron chi connectivity index (χ0n) is 10.5. The molecule has 0 unspecified atom stereocenters. The predicted octanol–water partition coefficient (Wildman–Crippen LogP) is -1.70. The van der Waals surface area contributed by atoms with Gasteiger partial charge in [0, 0.05) is 19.5 Å². The molecule has 0 aromatic rings. The molecule has 1 aliphatic rings. The van der Waals surface area contributed by atoms with E-state index in [0.717, 1.165) is 0 Å². The van der Waals surface area contributed by atoms with Crippen molar-refractivity contribution in [1.29, 1.82) is 0 Å². The van der Waals surface area contributed by atoms with Crippen molar-refractivity contribution in [2.75, 3.05) is 13.2 Å². The Kier molecular flexibility index (Phi) is 4.88. The zero-order chi connectivity index (χ0) is 13.2. The van der Waals surface area contributed by atoms with Crippen LogP contribution < -0.4 is 5.32 Å². The third kappa shape index (κ3) is 2.95. The first-order chi connectivity index (χ1) is 7.90. The molecule has 0 spiro atoms. The van der Waals surface area contributed by atoms with Crippen molar-refractivity contribution in [3.63, 3.8) is 0 Å². The molecule has 1 fully saturated rings. The molecule has 4 N–H and O–H groups in total. The number of hydrogen-bond donors (Lipinski definition) is 4. The highest BCUT2D eigenvalue weighted by molar-refractivity contribution is 5.72. The summed E-state index contributed by atoms with van der Waals surface area (Å²) in [6, 6.07) is -0.785. The van der Waals surface area contributed by atoms with Crippen molar-refractivity contribution in [2.24, 2.45) is 0 Å². The fourth-order valence-electron chi connectivity index (χ4n) is 2.50. The van der Waals surface area contributed by atoms with Gasteiger partial charge in [-0.2, -0.15) is 0 Å². The number of carbonyl (C=O) groups excluding carboxylic acids is 1. The lowest BCUT2D eigenvalue weighted by atomic mass is 10.1. The van der Waals surface area contributed by atoms with Crippen molar-refractivity contribution < 1.29 is 20.1 Å². The second-order valence-electron chi connectivity index (χ2n) is 4.78. The second-order valence-corrected chi connectivity index (χ2v) is 4.78. The van der Waals surface area contributed by atoms with E-state index in [9.17, 15) is 20.1 Å². The van der Waals surface area contributed by atoms with Crippen LogP contribution >= 0.6 is 0 Å². The Morgan fingerprint density at radius 2 is 1.82 bits per heavy atom. The highest BCUT2D eigenvalue weighted by Crippen LogP contribution is 2.27. The van der Waals surface area contributed by atoms with E-state index >= 15 is 0 Å². The predicted molar refractivity (Wildman–Crippen MR) is 62.3 cm³/mol. The van der Waals surface area contributed by atoms with Crippen LogP contribution in [0.25, 0.3) is 0 Å². The van der Waals surface area contributed by atoms with E-state index in [1.807, 2.05) is 18.7 Å². The quantitative estimate of drug-likeness (QED) is 0.474. The van der Waals surface area contributed by atoms with Crippen LogP contribution in [0.3, 0.4) is 0 Å². The minimum Gasteiger partial charge on any atom is -0.395 e. The van der Waals surface area contributed by atoms with Crippen LogP contribution in [0.4, 0.5) is 0 Å². The third-order valence-electron chi connectivity index (χ3n) is 3.25. The van der Waals surface area contributed by atoms with Gasteiger partial charge >= 0.3 is 0 Å². The molecule has 6 nitrogen and oxygen atoms in total. The number of hydrogen-bond acceptors (Lipinski definition) is 5. The van der Waals surface area contributed by atoms with E-state index in [1.54, 1.807) is 0 Å². The number of nitrogens with zero attached hydrogens (tertiary/aromatic N) is 1. The molecule has 1 rings (SSSR count). The van der Waals surface area contributed by atoms with Crippen molar-refractivity contribution in [2.45, 2.75) is 51.1 Å². The number of carbonyl (C=O) groups is 1. The van der Waals surface area contributed by atoms with Crippen molar-refractivity contribution >= 4 is 5.91 Å². The summed E-state index contributed by atoms with van der Waals surface area (Å²) >= 11 is 0. The van der Waals surface area contributed by atoms with Gasteiger partial charge in [0.05, 0.1) is 30.9 Å². The van der Waals surface area contributed by atoms with Crippen LogP contribution in [-0.2, 0) is 4.79 Å². The van der Waals surface area contributed by atoms with Crippen LogP contribution in [0.5, 0.6) is 0 Å². The second kappa shape index (κ2) is 5.77. The number of nitrogens with one attached hydrogen (secondary N) is 1. The van der Waals surface area contributed by atoms with Crippen LogP contribution in [0.15, 0.2) is 0 Å². The topological polar surface area (TPSA) is 93.0 Å². The number of likely N-dealkylation sites (tertiary alicyclic amines) is 1. The van der Waals surface area contributed by atoms with Crippen LogP contribution in [0, 0.1) is 0 Å². The van der Waals surface area contributed by atoms with Gasteiger partial charge < -0.3 is 20.6 Å². The van der Waals surface area contributed by atoms with Crippen LogP contribution in [0.1, 0.15) is 20.8 Å². The summed E-state index contributed by atoms with van der Waals surface area (Å²) in [6.45, 7) is 5.30. The Hall–Kier alpha value is -0.690. The van der Waals surface area contributed by atoms with Gasteiger partial charge in [0.2, 0.25) is 5.91 Å². The van der Waals surface area contributed by atoms with E-state index in [4.69, 9.17) is 0 Å². The molecule has 1 aliphatic heterocycles. The number of aliphatic hydroxyl groups excluding tert-OH is 3. The van der Waals surface area contributed by atoms with E-state index in [1.165, 1.54) is 6.92 Å². The molecule has 0 bridgehead atoms. The number of rotatable bonds is 4. The molecule has 0 aromatic carbocycles. The average molecular weight is 246 g/mol. The van der Waals surface area contributed by atoms with E-state index in [-0.39, 0.29) is 31.1 Å². The standard InChI is InChI=1S/C11H22N2O4/c1-6(2)13-8(4-12-7(3)15)10(16)11(17)9(13)5-14/h6,8-11,14,16-17H,4-5H2,1-3H3,(H,12,15)/t8-,9-,10-,11-/m1/s1. The summed E-state index contributed by atoms with van der Waals surface area (Å²) in [4.78, 5) is 12.7. The van der Waals surface area contributed by atoms with Gasteiger partial charge in [0.15, 0.2) is 0 Å². The molecule has 0 aliphatic carbocycles. The Labute approximate surface area is 101 Å². The van der Waals surface area contributed by atoms with Gasteiger partial charge in [0.25, 0.3) is 0 Å². The Balaban J connectivity index is 2.80. The minimum absolute atomic E-state index is 0.0673. The van der Waals surface area contributed by atoms with Crippen molar-refractivity contribution in [3.8, 4) is 0 Å². The monoisotopic (exact) mass is 246 g/mol. The summed E-state index contributed by atoms with van der Waals surface area (Å²) in [6.07, 6.45) is -1.94. The number of amides is 1. The first kappa shape index (κ1) is 14.4. The highest BCUT2D eigenvalue weighted by atomic mass is 16.3. The summed E-state index contributed by atoms with van der Waals surface area (Å²) < 4.78 is 0. The molecule has 4 atom stereocenters. The van der Waals surface area contributed by atoms with Gasteiger partial charge in [-0.15, -0.1) is 0 Å². The minimum atomic E-state index is -0.985. The summed E-state index contributed by atoms with van der Waals surface area (Å²) in [5.74, 6) is -0.178. The normalized spacial score (nSPS) is 34.3. The third-order valence-corrected chi connectivity index (χ3v) is 3.25. The first-order valence-corrected chi connectivity index (χ1v) is 5.89. The average Bonchev–Trinajstić information content (AvgIpc) is 2.49. The molecule has 100 valence electrons. The van der Waals surface area contributed by atoms with Crippen molar-refractivity contribution in [3.05, 3.63) is 0 Å². The fourth-order valence-corrected chi connectivity index (χ4v) is 2.50. The lowest BCUT2D eigenvalue weighted by molar-refractivity contribution is -0.119. The molecule has 0 aromatic heterocycles. The lowest BCUT2D eigenvalue weighted by Gasteiger charge is -2.33. The Bertz CT molecular complexity index is 272. The van der Waals surface area contributed by atoms with Gasteiger partial charge in [0.1, 0.15) is 0 Å². The molecule has 0 radical (unpaired) electrons. The molecule has 1 saturated heterocycles. The number of aliphatic hydroxyl groups is 3. The SMILES string of the molecule is CC(=O)NC[C@@H]1[C@@H](O)[C@H](O)[C@@H](CO)N1C(C)C. The van der Waals surface area contributed by atoms with Gasteiger partial charge in [-0.3, -0.25) is 9.69 Å².